The van der Waals surface area contributed by atoms with Crippen LogP contribution in [0.15, 0.2) is 0 Å². The average Bonchev–Trinajstić information content (AvgIpc) is 1.64. The fraction of sp³-hybridized carbons (Fsp3) is 1.00. The number of nitrogens with two attached hydrogens (primary N) is 2. The van der Waals surface area contributed by atoms with E-state index in [1.54, 1.807) is 0 Å². The SMILES string of the molecule is CC(CCN)C(N)(Cl)Cl. The lowest BCUT2D eigenvalue weighted by molar-refractivity contribution is 0.483. The molecule has 4 N–H and O–H groups in total. The third kappa shape index (κ3) is 3.98. The van der Waals surface area contributed by atoms with Gasteiger partial charge >= 0.3 is 0 Å². The molecule has 1 unspecified atom stereocenters. The van der Waals surface area contributed by atoms with Crippen molar-refractivity contribution >= 4 is 23.2 Å². The normalized spacial score (nSPS) is 15.7. The van der Waals surface area contributed by atoms with E-state index in [0.29, 0.717) is 6.54 Å². The van der Waals surface area contributed by atoms with Crippen LogP contribution in [-0.2, 0) is 0 Å². The molecular formula is C5H12Cl2N2. The van der Waals surface area contributed by atoms with E-state index in [4.69, 9.17) is 34.7 Å². The first-order valence-corrected chi connectivity index (χ1v) is 3.61. The van der Waals surface area contributed by atoms with Gasteiger partial charge in [0.2, 0.25) is 0 Å². The van der Waals surface area contributed by atoms with Crippen LogP contribution in [0.1, 0.15) is 13.3 Å². The van der Waals surface area contributed by atoms with Crippen molar-refractivity contribution in [2.45, 2.75) is 17.8 Å². The zero-order valence-electron chi connectivity index (χ0n) is 5.40. The molecule has 56 valence electrons. The van der Waals surface area contributed by atoms with Gasteiger partial charge in [-0.05, 0) is 13.0 Å². The lowest BCUT2D eigenvalue weighted by Gasteiger charge is -2.20. The van der Waals surface area contributed by atoms with E-state index < -0.39 is 4.46 Å². The zero-order chi connectivity index (χ0) is 7.49. The fourth-order valence-electron chi connectivity index (χ4n) is 0.442. The largest absolute Gasteiger partial charge is 0.330 e. The molecule has 0 aliphatic carbocycles. The number of rotatable bonds is 3. The second-order valence-corrected chi connectivity index (χ2v) is 3.60. The second-order valence-electron chi connectivity index (χ2n) is 2.15. The molecule has 0 heterocycles. The fourth-order valence-corrected chi connectivity index (χ4v) is 0.661. The number of hydrogen-bond donors (Lipinski definition) is 2. The van der Waals surface area contributed by atoms with Crippen molar-refractivity contribution in [2.24, 2.45) is 17.4 Å². The molecule has 9 heavy (non-hydrogen) atoms. The van der Waals surface area contributed by atoms with Crippen molar-refractivity contribution in [1.82, 2.24) is 0 Å². The van der Waals surface area contributed by atoms with Crippen LogP contribution >= 0.6 is 23.2 Å². The number of halogens is 2. The Balaban J connectivity index is 3.59. The first-order valence-electron chi connectivity index (χ1n) is 2.85. The van der Waals surface area contributed by atoms with Crippen LogP contribution in [0.4, 0.5) is 0 Å². The molecule has 0 aromatic heterocycles. The first kappa shape index (κ1) is 9.50. The van der Waals surface area contributed by atoms with Crippen LogP contribution in [0.3, 0.4) is 0 Å². The third-order valence-corrected chi connectivity index (χ3v) is 2.00. The Labute approximate surface area is 65.5 Å². The van der Waals surface area contributed by atoms with Crippen molar-refractivity contribution in [3.8, 4) is 0 Å². The van der Waals surface area contributed by atoms with E-state index in [0.717, 1.165) is 6.42 Å². The molecule has 0 aliphatic heterocycles. The zero-order valence-corrected chi connectivity index (χ0v) is 6.91. The van der Waals surface area contributed by atoms with Crippen LogP contribution < -0.4 is 11.5 Å². The molecule has 0 aromatic rings. The van der Waals surface area contributed by atoms with Gasteiger partial charge in [-0.25, -0.2) is 0 Å². The maximum Gasteiger partial charge on any atom is 0.169 e. The maximum atomic E-state index is 5.55. The Bertz CT molecular complexity index is 79.5. The summed E-state index contributed by atoms with van der Waals surface area (Å²) in [6, 6.07) is 0. The quantitative estimate of drug-likeness (QED) is 0.492. The summed E-state index contributed by atoms with van der Waals surface area (Å²) < 4.78 is -1.13. The van der Waals surface area contributed by atoms with Crippen molar-refractivity contribution < 1.29 is 0 Å². The van der Waals surface area contributed by atoms with E-state index in [1.807, 2.05) is 6.92 Å². The van der Waals surface area contributed by atoms with Crippen LogP contribution in [0.5, 0.6) is 0 Å². The minimum absolute atomic E-state index is 0.0471. The Morgan fingerprint density at radius 1 is 1.56 bits per heavy atom. The highest BCUT2D eigenvalue weighted by molar-refractivity contribution is 6.48. The van der Waals surface area contributed by atoms with Crippen LogP contribution in [-0.4, -0.2) is 11.0 Å². The summed E-state index contributed by atoms with van der Waals surface area (Å²) in [6.07, 6.45) is 0.753. The number of hydrogen-bond acceptors (Lipinski definition) is 2. The molecule has 0 amide bonds. The Morgan fingerprint density at radius 3 is 2.11 bits per heavy atom. The Hall–Kier alpha value is 0.500. The molecule has 2 nitrogen and oxygen atoms in total. The summed E-state index contributed by atoms with van der Waals surface area (Å²) in [5.41, 5.74) is 10.6. The summed E-state index contributed by atoms with van der Waals surface area (Å²) in [5, 5.41) is 0. The Kier molecular flexibility index (Phi) is 3.82. The van der Waals surface area contributed by atoms with Crippen LogP contribution in [0, 0.1) is 5.92 Å². The average molecular weight is 171 g/mol. The molecular weight excluding hydrogens is 159 g/mol. The van der Waals surface area contributed by atoms with Crippen molar-refractivity contribution in [1.29, 1.82) is 0 Å². The maximum absolute atomic E-state index is 5.55. The monoisotopic (exact) mass is 170 g/mol. The summed E-state index contributed by atoms with van der Waals surface area (Å²) in [7, 11) is 0. The van der Waals surface area contributed by atoms with Gasteiger partial charge in [0.1, 0.15) is 0 Å². The first-order chi connectivity index (χ1) is 3.98. The Morgan fingerprint density at radius 2 is 2.00 bits per heavy atom. The highest BCUT2D eigenvalue weighted by Crippen LogP contribution is 2.25. The van der Waals surface area contributed by atoms with Crippen LogP contribution in [0.2, 0.25) is 0 Å². The van der Waals surface area contributed by atoms with Crippen LogP contribution in [0.25, 0.3) is 0 Å². The molecule has 0 saturated carbocycles. The molecule has 0 spiro atoms. The van der Waals surface area contributed by atoms with Gasteiger partial charge in [-0.1, -0.05) is 30.1 Å². The summed E-state index contributed by atoms with van der Waals surface area (Å²) in [6.45, 7) is 2.44. The van der Waals surface area contributed by atoms with Gasteiger partial charge in [0.15, 0.2) is 4.46 Å². The lowest BCUT2D eigenvalue weighted by Crippen LogP contribution is -2.34. The predicted molar refractivity (Wildman–Crippen MR) is 41.5 cm³/mol. The van der Waals surface area contributed by atoms with Gasteiger partial charge in [-0.3, -0.25) is 5.73 Å². The summed E-state index contributed by atoms with van der Waals surface area (Å²) in [5.74, 6) is 0.0471. The minimum atomic E-state index is -1.13. The van der Waals surface area contributed by atoms with Crippen molar-refractivity contribution in [3.63, 3.8) is 0 Å². The molecule has 0 radical (unpaired) electrons. The smallest absolute Gasteiger partial charge is 0.169 e. The molecule has 0 aromatic carbocycles. The molecule has 0 bridgehead atoms. The molecule has 4 heteroatoms. The summed E-state index contributed by atoms with van der Waals surface area (Å²) in [4.78, 5) is 0. The summed E-state index contributed by atoms with van der Waals surface area (Å²) >= 11 is 11.1. The van der Waals surface area contributed by atoms with Crippen molar-refractivity contribution in [3.05, 3.63) is 0 Å². The van der Waals surface area contributed by atoms with E-state index in [9.17, 15) is 0 Å². The van der Waals surface area contributed by atoms with E-state index in [2.05, 4.69) is 0 Å². The van der Waals surface area contributed by atoms with Crippen molar-refractivity contribution in [2.75, 3.05) is 6.54 Å². The standard InChI is InChI=1S/C5H12Cl2N2/c1-4(2-3-8)5(6,7)9/h4H,2-3,8-9H2,1H3. The van der Waals surface area contributed by atoms with E-state index in [-0.39, 0.29) is 5.92 Å². The molecule has 0 saturated heterocycles. The number of alkyl halides is 2. The highest BCUT2D eigenvalue weighted by atomic mass is 35.5. The van der Waals surface area contributed by atoms with Gasteiger partial charge in [-0.2, -0.15) is 0 Å². The highest BCUT2D eigenvalue weighted by Gasteiger charge is 2.24. The van der Waals surface area contributed by atoms with E-state index in [1.165, 1.54) is 0 Å². The predicted octanol–water partition coefficient (Wildman–Crippen LogP) is 1.06. The van der Waals surface area contributed by atoms with E-state index >= 15 is 0 Å². The van der Waals surface area contributed by atoms with Gasteiger partial charge in [-0.15, -0.1) is 0 Å². The molecule has 0 fully saturated rings. The molecule has 0 aliphatic rings. The topological polar surface area (TPSA) is 52.0 Å². The third-order valence-electron chi connectivity index (χ3n) is 1.26. The molecule has 1 atom stereocenters. The van der Waals surface area contributed by atoms with Gasteiger partial charge < -0.3 is 5.73 Å². The van der Waals surface area contributed by atoms with Gasteiger partial charge in [0.25, 0.3) is 0 Å². The molecule has 0 rings (SSSR count). The van der Waals surface area contributed by atoms with Gasteiger partial charge in [0, 0.05) is 5.92 Å². The van der Waals surface area contributed by atoms with Gasteiger partial charge in [0.05, 0.1) is 0 Å². The minimum Gasteiger partial charge on any atom is -0.330 e. The lowest BCUT2D eigenvalue weighted by atomic mass is 10.1. The second kappa shape index (κ2) is 3.62.